The predicted octanol–water partition coefficient (Wildman–Crippen LogP) is 1.21. The number of likely N-dealkylation sites (N-methyl/N-ethyl adjacent to an activating group) is 1. The first-order chi connectivity index (χ1) is 8.91. The van der Waals surface area contributed by atoms with Gasteiger partial charge in [0, 0.05) is 18.3 Å². The molecule has 1 atom stereocenters. The smallest absolute Gasteiger partial charge is 0.328 e. The molecule has 19 heavy (non-hydrogen) atoms. The number of rotatable bonds is 3. The molecule has 0 radical (unpaired) electrons. The van der Waals surface area contributed by atoms with E-state index in [0.717, 1.165) is 0 Å². The van der Waals surface area contributed by atoms with Crippen LogP contribution in [0.15, 0.2) is 24.3 Å². The fourth-order valence-electron chi connectivity index (χ4n) is 2.05. The summed E-state index contributed by atoms with van der Waals surface area (Å²) in [5.74, 6) is -1.14. The monoisotopic (exact) mass is 262 g/mol. The van der Waals surface area contributed by atoms with Gasteiger partial charge in [-0.25, -0.2) is 9.59 Å². The molecule has 2 amide bonds. The molecule has 1 aliphatic heterocycles. The molecule has 1 aromatic rings. The van der Waals surface area contributed by atoms with Gasteiger partial charge in [-0.1, -0.05) is 12.1 Å². The Bertz CT molecular complexity index is 555. The summed E-state index contributed by atoms with van der Waals surface area (Å²) in [7, 11) is 1.45. The fourth-order valence-corrected chi connectivity index (χ4v) is 2.05. The van der Waals surface area contributed by atoms with Crippen LogP contribution in [0, 0.1) is 0 Å². The first-order valence-electron chi connectivity index (χ1n) is 5.80. The molecule has 0 aromatic heterocycles. The van der Waals surface area contributed by atoms with Crippen LogP contribution in [0.4, 0.5) is 10.5 Å². The van der Waals surface area contributed by atoms with Gasteiger partial charge in [-0.3, -0.25) is 9.69 Å². The number of Topliss-reactive ketones (excluding diaryl/α,β-unsaturated/α-hetero) is 1. The number of anilines is 1. The van der Waals surface area contributed by atoms with Crippen molar-refractivity contribution in [2.75, 3.05) is 18.5 Å². The van der Waals surface area contributed by atoms with E-state index in [2.05, 4.69) is 0 Å². The van der Waals surface area contributed by atoms with E-state index in [-0.39, 0.29) is 18.4 Å². The lowest BCUT2D eigenvalue weighted by molar-refractivity contribution is -0.140. The van der Waals surface area contributed by atoms with E-state index in [0.29, 0.717) is 11.3 Å². The number of carboxylic acids is 1. The number of urea groups is 1. The Labute approximate surface area is 110 Å². The van der Waals surface area contributed by atoms with Crippen LogP contribution < -0.4 is 4.90 Å². The highest BCUT2D eigenvalue weighted by Crippen LogP contribution is 2.24. The Morgan fingerprint density at radius 1 is 1.37 bits per heavy atom. The molecular weight excluding hydrogens is 248 g/mol. The molecule has 1 fully saturated rings. The molecule has 6 nitrogen and oxygen atoms in total. The van der Waals surface area contributed by atoms with E-state index < -0.39 is 12.0 Å². The molecular formula is C13H14N2O4. The maximum atomic E-state index is 12.0. The minimum absolute atomic E-state index is 0.0754. The normalized spacial score (nSPS) is 18.8. The number of ketones is 1. The summed E-state index contributed by atoms with van der Waals surface area (Å²) in [6.07, 6.45) is 0. The quantitative estimate of drug-likeness (QED) is 0.831. The number of nitrogens with zero attached hydrogens (tertiary/aromatic N) is 2. The fraction of sp³-hybridized carbons (Fsp3) is 0.308. The summed E-state index contributed by atoms with van der Waals surface area (Å²) in [4.78, 5) is 36.9. The molecule has 1 aliphatic rings. The highest BCUT2D eigenvalue weighted by atomic mass is 16.4. The molecule has 1 heterocycles. The van der Waals surface area contributed by atoms with Crippen molar-refractivity contribution in [3.8, 4) is 0 Å². The van der Waals surface area contributed by atoms with Crippen molar-refractivity contribution >= 4 is 23.5 Å². The van der Waals surface area contributed by atoms with Crippen molar-refractivity contribution in [3.63, 3.8) is 0 Å². The Hall–Kier alpha value is -2.37. The largest absolute Gasteiger partial charge is 0.480 e. The molecule has 6 heteroatoms. The lowest BCUT2D eigenvalue weighted by atomic mass is 10.1. The van der Waals surface area contributed by atoms with Gasteiger partial charge in [0.25, 0.3) is 0 Å². The number of carbonyl (C=O) groups excluding carboxylic acids is 2. The number of hydrogen-bond donors (Lipinski definition) is 1. The van der Waals surface area contributed by atoms with Gasteiger partial charge in [-0.15, -0.1) is 0 Å². The average Bonchev–Trinajstić information content (AvgIpc) is 2.67. The van der Waals surface area contributed by atoms with Crippen LogP contribution in [0.3, 0.4) is 0 Å². The number of aliphatic carboxylic acids is 1. The minimum Gasteiger partial charge on any atom is -0.480 e. The van der Waals surface area contributed by atoms with Crippen molar-refractivity contribution < 1.29 is 19.5 Å². The summed E-state index contributed by atoms with van der Waals surface area (Å²) in [6.45, 7) is 1.52. The predicted molar refractivity (Wildman–Crippen MR) is 68.4 cm³/mol. The van der Waals surface area contributed by atoms with E-state index >= 15 is 0 Å². The first-order valence-corrected chi connectivity index (χ1v) is 5.80. The number of carbonyl (C=O) groups is 3. The third kappa shape index (κ3) is 2.29. The Balaban J connectivity index is 2.33. The van der Waals surface area contributed by atoms with E-state index in [1.54, 1.807) is 24.3 Å². The number of amides is 2. The van der Waals surface area contributed by atoms with Gasteiger partial charge >= 0.3 is 12.0 Å². The topological polar surface area (TPSA) is 77.9 Å². The van der Waals surface area contributed by atoms with Crippen molar-refractivity contribution in [3.05, 3.63) is 29.8 Å². The van der Waals surface area contributed by atoms with E-state index in [1.807, 2.05) is 0 Å². The van der Waals surface area contributed by atoms with Crippen LogP contribution in [0.25, 0.3) is 0 Å². The molecule has 0 saturated carbocycles. The third-order valence-corrected chi connectivity index (χ3v) is 3.21. The van der Waals surface area contributed by atoms with Crippen molar-refractivity contribution in [1.29, 1.82) is 0 Å². The molecule has 1 unspecified atom stereocenters. The van der Waals surface area contributed by atoms with Crippen LogP contribution in [0.5, 0.6) is 0 Å². The number of carboxylic acid groups (broad SMARTS) is 1. The van der Waals surface area contributed by atoms with Crippen LogP contribution in [0.2, 0.25) is 0 Å². The van der Waals surface area contributed by atoms with Crippen LogP contribution >= 0.6 is 0 Å². The maximum absolute atomic E-state index is 12.0. The first kappa shape index (κ1) is 13.1. The summed E-state index contributed by atoms with van der Waals surface area (Å²) in [5.41, 5.74) is 1.03. The lowest BCUT2D eigenvalue weighted by Crippen LogP contribution is -2.36. The zero-order valence-electron chi connectivity index (χ0n) is 10.7. The Morgan fingerprint density at radius 2 is 2.05 bits per heavy atom. The standard InChI is InChI=1S/C13H14N2O4/c1-8(16)9-4-3-5-10(6-9)15-7-11(12(17)18)14(2)13(15)19/h3-6,11H,7H2,1-2H3,(H,17,18). The van der Waals surface area contributed by atoms with E-state index in [9.17, 15) is 14.4 Å². The van der Waals surface area contributed by atoms with Crippen LogP contribution in [-0.2, 0) is 4.79 Å². The highest BCUT2D eigenvalue weighted by Gasteiger charge is 2.39. The van der Waals surface area contributed by atoms with Gasteiger partial charge in [0.15, 0.2) is 5.78 Å². The second kappa shape index (κ2) is 4.72. The molecule has 2 rings (SSSR count). The van der Waals surface area contributed by atoms with Crippen molar-refractivity contribution in [2.45, 2.75) is 13.0 Å². The van der Waals surface area contributed by atoms with Gasteiger partial charge in [0.05, 0.1) is 6.54 Å². The summed E-state index contributed by atoms with van der Waals surface area (Å²) in [5, 5.41) is 9.03. The Kier molecular flexibility index (Phi) is 3.25. The molecule has 0 spiro atoms. The molecule has 1 aromatic carbocycles. The van der Waals surface area contributed by atoms with E-state index in [4.69, 9.17) is 5.11 Å². The van der Waals surface area contributed by atoms with Gasteiger partial charge in [0.2, 0.25) is 0 Å². The summed E-state index contributed by atoms with van der Waals surface area (Å²) >= 11 is 0. The highest BCUT2D eigenvalue weighted by molar-refractivity contribution is 6.00. The number of benzene rings is 1. The molecule has 0 bridgehead atoms. The third-order valence-electron chi connectivity index (χ3n) is 3.21. The molecule has 1 N–H and O–H groups in total. The SMILES string of the molecule is CC(=O)c1cccc(N2CC(C(=O)O)N(C)C2=O)c1. The number of hydrogen-bond acceptors (Lipinski definition) is 3. The zero-order valence-corrected chi connectivity index (χ0v) is 10.7. The van der Waals surface area contributed by atoms with Gasteiger partial charge in [-0.2, -0.15) is 0 Å². The summed E-state index contributed by atoms with van der Waals surface area (Å²) < 4.78 is 0. The van der Waals surface area contributed by atoms with Crippen molar-refractivity contribution in [1.82, 2.24) is 4.90 Å². The average molecular weight is 262 g/mol. The van der Waals surface area contributed by atoms with Crippen LogP contribution in [-0.4, -0.2) is 47.4 Å². The zero-order chi connectivity index (χ0) is 14.2. The second-order valence-corrected chi connectivity index (χ2v) is 4.46. The second-order valence-electron chi connectivity index (χ2n) is 4.46. The summed E-state index contributed by atoms with van der Waals surface area (Å²) in [6, 6.07) is 5.36. The maximum Gasteiger partial charge on any atom is 0.328 e. The molecule has 100 valence electrons. The van der Waals surface area contributed by atoms with Gasteiger partial charge in [0.1, 0.15) is 6.04 Å². The Morgan fingerprint density at radius 3 is 2.58 bits per heavy atom. The molecule has 0 aliphatic carbocycles. The van der Waals surface area contributed by atoms with Crippen molar-refractivity contribution in [2.24, 2.45) is 0 Å². The van der Waals surface area contributed by atoms with Gasteiger partial charge in [-0.05, 0) is 19.1 Å². The van der Waals surface area contributed by atoms with Gasteiger partial charge < -0.3 is 10.0 Å². The van der Waals surface area contributed by atoms with E-state index in [1.165, 1.54) is 23.8 Å². The van der Waals surface area contributed by atoms with Crippen LogP contribution in [0.1, 0.15) is 17.3 Å². The molecule has 1 saturated heterocycles. The lowest BCUT2D eigenvalue weighted by Gasteiger charge is -2.16. The minimum atomic E-state index is -1.04.